The summed E-state index contributed by atoms with van der Waals surface area (Å²) in [6, 6.07) is -0.631. The number of hydrogen-bond donors (Lipinski definition) is 2. The standard InChI is InChI=1S/C8H15NO3/c1-5(2)7(8(11)12)9-4-6(3)10/h5,7,9H,4H2,1-3H3,(H,11,12)/t7-/m0/s1. The van der Waals surface area contributed by atoms with Gasteiger partial charge < -0.3 is 5.11 Å². The third kappa shape index (κ3) is 4.08. The smallest absolute Gasteiger partial charge is 0.320 e. The molecule has 0 saturated carbocycles. The van der Waals surface area contributed by atoms with E-state index in [-0.39, 0.29) is 18.2 Å². The number of carbonyl (C=O) groups is 2. The van der Waals surface area contributed by atoms with Crippen molar-refractivity contribution in [3.8, 4) is 0 Å². The number of carboxylic acid groups (broad SMARTS) is 1. The van der Waals surface area contributed by atoms with E-state index in [2.05, 4.69) is 5.32 Å². The lowest BCUT2D eigenvalue weighted by Gasteiger charge is -2.16. The minimum atomic E-state index is -0.911. The van der Waals surface area contributed by atoms with Crippen LogP contribution in [0.15, 0.2) is 0 Å². The normalized spacial score (nSPS) is 13.0. The summed E-state index contributed by atoms with van der Waals surface area (Å²) in [5, 5.41) is 11.4. The van der Waals surface area contributed by atoms with Crippen molar-refractivity contribution in [2.45, 2.75) is 26.8 Å². The molecule has 0 unspecified atom stereocenters. The van der Waals surface area contributed by atoms with Gasteiger partial charge in [0.15, 0.2) is 0 Å². The van der Waals surface area contributed by atoms with Crippen LogP contribution < -0.4 is 5.32 Å². The van der Waals surface area contributed by atoms with Crippen LogP contribution >= 0.6 is 0 Å². The van der Waals surface area contributed by atoms with Gasteiger partial charge in [-0.05, 0) is 12.8 Å². The predicted molar refractivity (Wildman–Crippen MR) is 44.9 cm³/mol. The molecule has 0 aliphatic carbocycles. The Labute approximate surface area is 72.0 Å². The Hall–Kier alpha value is -0.900. The highest BCUT2D eigenvalue weighted by atomic mass is 16.4. The van der Waals surface area contributed by atoms with E-state index in [9.17, 15) is 9.59 Å². The topological polar surface area (TPSA) is 66.4 Å². The van der Waals surface area contributed by atoms with Gasteiger partial charge in [-0.3, -0.25) is 14.9 Å². The molecule has 0 aromatic heterocycles. The minimum absolute atomic E-state index is 0.0122. The molecule has 0 aliphatic rings. The molecule has 0 amide bonds. The Morgan fingerprint density at radius 3 is 2.17 bits per heavy atom. The molecule has 4 nitrogen and oxygen atoms in total. The first-order valence-electron chi connectivity index (χ1n) is 3.90. The fraction of sp³-hybridized carbons (Fsp3) is 0.750. The van der Waals surface area contributed by atoms with Gasteiger partial charge in [0.25, 0.3) is 0 Å². The van der Waals surface area contributed by atoms with Crippen LogP contribution in [0, 0.1) is 5.92 Å². The van der Waals surface area contributed by atoms with Crippen molar-refractivity contribution >= 4 is 11.8 Å². The van der Waals surface area contributed by atoms with Gasteiger partial charge in [0.1, 0.15) is 11.8 Å². The van der Waals surface area contributed by atoms with Crippen molar-refractivity contribution in [3.63, 3.8) is 0 Å². The molecule has 4 heteroatoms. The zero-order valence-electron chi connectivity index (χ0n) is 7.63. The van der Waals surface area contributed by atoms with E-state index in [1.807, 2.05) is 0 Å². The average Bonchev–Trinajstić information content (AvgIpc) is 1.84. The van der Waals surface area contributed by atoms with E-state index in [1.54, 1.807) is 13.8 Å². The predicted octanol–water partition coefficient (Wildman–Crippen LogP) is 0.274. The second-order valence-electron chi connectivity index (χ2n) is 3.14. The van der Waals surface area contributed by atoms with Crippen molar-refractivity contribution in [3.05, 3.63) is 0 Å². The summed E-state index contributed by atoms with van der Waals surface area (Å²) < 4.78 is 0. The third-order valence-electron chi connectivity index (χ3n) is 1.50. The Morgan fingerprint density at radius 1 is 1.42 bits per heavy atom. The molecule has 2 N–H and O–H groups in total. The molecule has 12 heavy (non-hydrogen) atoms. The third-order valence-corrected chi connectivity index (χ3v) is 1.50. The molecule has 70 valence electrons. The highest BCUT2D eigenvalue weighted by molar-refractivity contribution is 5.79. The average molecular weight is 173 g/mol. The Bertz CT molecular complexity index is 177. The van der Waals surface area contributed by atoms with Gasteiger partial charge in [0, 0.05) is 0 Å². The van der Waals surface area contributed by atoms with E-state index in [0.29, 0.717) is 0 Å². The number of Topliss-reactive ketones (excluding diaryl/α,β-unsaturated/α-hetero) is 1. The van der Waals surface area contributed by atoms with Gasteiger partial charge in [0.2, 0.25) is 0 Å². The fourth-order valence-electron chi connectivity index (χ4n) is 0.862. The van der Waals surface area contributed by atoms with E-state index >= 15 is 0 Å². The number of rotatable bonds is 5. The Morgan fingerprint density at radius 2 is 1.92 bits per heavy atom. The van der Waals surface area contributed by atoms with Crippen molar-refractivity contribution in [2.24, 2.45) is 5.92 Å². The maximum atomic E-state index is 10.6. The lowest BCUT2D eigenvalue weighted by atomic mass is 10.0. The van der Waals surface area contributed by atoms with Crippen molar-refractivity contribution in [2.75, 3.05) is 6.54 Å². The molecular formula is C8H15NO3. The lowest BCUT2D eigenvalue weighted by Crippen LogP contribution is -2.42. The quantitative estimate of drug-likeness (QED) is 0.626. The van der Waals surface area contributed by atoms with Gasteiger partial charge in [-0.1, -0.05) is 13.8 Å². The van der Waals surface area contributed by atoms with E-state index < -0.39 is 12.0 Å². The maximum absolute atomic E-state index is 10.6. The highest BCUT2D eigenvalue weighted by Gasteiger charge is 2.20. The van der Waals surface area contributed by atoms with Crippen LogP contribution in [0.5, 0.6) is 0 Å². The molecule has 0 aromatic rings. The van der Waals surface area contributed by atoms with Crippen LogP contribution in [0.3, 0.4) is 0 Å². The summed E-state index contributed by atoms with van der Waals surface area (Å²) in [6.45, 7) is 5.14. The molecule has 0 fully saturated rings. The number of aliphatic carboxylic acids is 1. The van der Waals surface area contributed by atoms with Gasteiger partial charge in [0.05, 0.1) is 6.54 Å². The van der Waals surface area contributed by atoms with E-state index in [1.165, 1.54) is 6.92 Å². The first-order chi connectivity index (χ1) is 5.45. The van der Waals surface area contributed by atoms with Crippen LogP contribution in [0.2, 0.25) is 0 Å². The molecule has 0 bridgehead atoms. The summed E-state index contributed by atoms with van der Waals surface area (Å²) in [7, 11) is 0. The monoisotopic (exact) mass is 173 g/mol. The van der Waals surface area contributed by atoms with Crippen LogP contribution in [0.4, 0.5) is 0 Å². The van der Waals surface area contributed by atoms with Crippen molar-refractivity contribution in [1.29, 1.82) is 0 Å². The molecule has 0 saturated heterocycles. The summed E-state index contributed by atoms with van der Waals surface area (Å²) in [5.74, 6) is -0.977. The molecule has 1 atom stereocenters. The van der Waals surface area contributed by atoms with Gasteiger partial charge in [-0.2, -0.15) is 0 Å². The molecule has 0 heterocycles. The lowest BCUT2D eigenvalue weighted by molar-refractivity contribution is -0.140. The maximum Gasteiger partial charge on any atom is 0.320 e. The van der Waals surface area contributed by atoms with E-state index in [4.69, 9.17) is 5.11 Å². The number of carbonyl (C=O) groups excluding carboxylic acids is 1. The molecule has 0 aliphatic heterocycles. The highest BCUT2D eigenvalue weighted by Crippen LogP contribution is 2.00. The second kappa shape index (κ2) is 4.87. The molecule has 0 radical (unpaired) electrons. The number of ketones is 1. The molecule has 0 rings (SSSR count). The summed E-state index contributed by atoms with van der Waals surface area (Å²) in [6.07, 6.45) is 0. The molecular weight excluding hydrogens is 158 g/mol. The van der Waals surface area contributed by atoms with Crippen molar-refractivity contribution < 1.29 is 14.7 Å². The van der Waals surface area contributed by atoms with Gasteiger partial charge in [-0.25, -0.2) is 0 Å². The van der Waals surface area contributed by atoms with Crippen LogP contribution in [0.25, 0.3) is 0 Å². The molecule has 0 spiro atoms. The summed E-state index contributed by atoms with van der Waals surface area (Å²) >= 11 is 0. The minimum Gasteiger partial charge on any atom is -0.480 e. The van der Waals surface area contributed by atoms with Crippen molar-refractivity contribution in [1.82, 2.24) is 5.32 Å². The number of carboxylic acids is 1. The van der Waals surface area contributed by atoms with Crippen LogP contribution in [0.1, 0.15) is 20.8 Å². The van der Waals surface area contributed by atoms with Gasteiger partial charge in [-0.15, -0.1) is 0 Å². The largest absolute Gasteiger partial charge is 0.480 e. The first-order valence-corrected chi connectivity index (χ1v) is 3.90. The van der Waals surface area contributed by atoms with Crippen LogP contribution in [-0.2, 0) is 9.59 Å². The molecule has 0 aromatic carbocycles. The number of nitrogens with one attached hydrogen (secondary N) is 1. The summed E-state index contributed by atoms with van der Waals surface area (Å²) in [5.41, 5.74) is 0. The summed E-state index contributed by atoms with van der Waals surface area (Å²) in [4.78, 5) is 21.1. The SMILES string of the molecule is CC(=O)CN[C@H](C(=O)O)C(C)C. The first kappa shape index (κ1) is 11.1. The number of hydrogen-bond acceptors (Lipinski definition) is 3. The van der Waals surface area contributed by atoms with Crippen LogP contribution in [-0.4, -0.2) is 29.4 Å². The fourth-order valence-corrected chi connectivity index (χ4v) is 0.862. The Balaban J connectivity index is 3.97. The second-order valence-corrected chi connectivity index (χ2v) is 3.14. The van der Waals surface area contributed by atoms with E-state index in [0.717, 1.165) is 0 Å². The zero-order chi connectivity index (χ0) is 9.72. The Kier molecular flexibility index (Phi) is 4.51. The zero-order valence-corrected chi connectivity index (χ0v) is 7.63. The van der Waals surface area contributed by atoms with Gasteiger partial charge >= 0.3 is 5.97 Å².